The molecule has 0 atom stereocenters. The first-order chi connectivity index (χ1) is 8.56. The fourth-order valence-corrected chi connectivity index (χ4v) is 2.80. The molecule has 0 aliphatic rings. The summed E-state index contributed by atoms with van der Waals surface area (Å²) in [7, 11) is 0. The molecule has 0 aliphatic heterocycles. The molecular weight excluding hydrogens is 310 g/mol. The lowest BCUT2D eigenvalue weighted by Crippen LogP contribution is -2.02. The molecule has 1 heterocycles. The van der Waals surface area contributed by atoms with Crippen molar-refractivity contribution < 1.29 is 0 Å². The van der Waals surface area contributed by atoms with Gasteiger partial charge in [0.1, 0.15) is 16.7 Å². The molecule has 3 nitrogen and oxygen atoms in total. The van der Waals surface area contributed by atoms with E-state index in [2.05, 4.69) is 39.7 Å². The fourth-order valence-electron chi connectivity index (χ4n) is 1.41. The van der Waals surface area contributed by atoms with Crippen molar-refractivity contribution in [2.24, 2.45) is 0 Å². The third-order valence-corrected chi connectivity index (χ3v) is 4.26. The van der Waals surface area contributed by atoms with E-state index >= 15 is 0 Å². The van der Waals surface area contributed by atoms with Crippen molar-refractivity contribution in [3.63, 3.8) is 0 Å². The normalized spacial score (nSPS) is 10.9. The van der Waals surface area contributed by atoms with E-state index in [0.717, 1.165) is 20.2 Å². The van der Waals surface area contributed by atoms with E-state index in [0.29, 0.717) is 5.82 Å². The standard InChI is InChI=1S/C13H14BrN3S/c1-8(2)13-16-11(15)7-12(17-13)18-10-6-4-3-5-9(10)14/h3-8H,1-2H3,(H2,15,16,17). The van der Waals surface area contributed by atoms with Crippen LogP contribution in [0.2, 0.25) is 0 Å². The molecule has 2 rings (SSSR count). The molecule has 5 heteroatoms. The Balaban J connectivity index is 2.32. The molecule has 0 aliphatic carbocycles. The van der Waals surface area contributed by atoms with Gasteiger partial charge in [0.05, 0.1) is 0 Å². The third-order valence-electron chi connectivity index (χ3n) is 2.31. The lowest BCUT2D eigenvalue weighted by molar-refractivity contribution is 0.756. The number of anilines is 1. The average Bonchev–Trinajstić information content (AvgIpc) is 2.31. The second-order valence-electron chi connectivity index (χ2n) is 4.18. The molecule has 2 aromatic rings. The lowest BCUT2D eigenvalue weighted by atomic mass is 10.2. The van der Waals surface area contributed by atoms with E-state index in [1.807, 2.05) is 24.3 Å². The van der Waals surface area contributed by atoms with Crippen LogP contribution in [0.5, 0.6) is 0 Å². The van der Waals surface area contributed by atoms with Gasteiger partial charge in [-0.25, -0.2) is 9.97 Å². The number of benzene rings is 1. The van der Waals surface area contributed by atoms with Gasteiger partial charge in [-0.2, -0.15) is 0 Å². The van der Waals surface area contributed by atoms with Crippen LogP contribution in [0.1, 0.15) is 25.6 Å². The minimum atomic E-state index is 0.270. The maximum Gasteiger partial charge on any atom is 0.134 e. The molecule has 18 heavy (non-hydrogen) atoms. The van der Waals surface area contributed by atoms with Gasteiger partial charge in [0, 0.05) is 21.4 Å². The Kier molecular flexibility index (Phi) is 4.24. The van der Waals surface area contributed by atoms with E-state index in [1.54, 1.807) is 17.8 Å². The smallest absolute Gasteiger partial charge is 0.134 e. The van der Waals surface area contributed by atoms with E-state index in [-0.39, 0.29) is 5.92 Å². The van der Waals surface area contributed by atoms with Gasteiger partial charge in [-0.05, 0) is 28.1 Å². The highest BCUT2D eigenvalue weighted by molar-refractivity contribution is 9.10. The minimum Gasteiger partial charge on any atom is -0.384 e. The molecule has 94 valence electrons. The first-order valence-corrected chi connectivity index (χ1v) is 7.24. The van der Waals surface area contributed by atoms with Gasteiger partial charge in [-0.1, -0.05) is 37.7 Å². The van der Waals surface area contributed by atoms with Crippen LogP contribution in [-0.2, 0) is 0 Å². The molecule has 1 aromatic carbocycles. The zero-order chi connectivity index (χ0) is 13.1. The summed E-state index contributed by atoms with van der Waals surface area (Å²) in [4.78, 5) is 9.88. The summed E-state index contributed by atoms with van der Waals surface area (Å²) >= 11 is 5.11. The number of rotatable bonds is 3. The van der Waals surface area contributed by atoms with Crippen molar-refractivity contribution in [1.29, 1.82) is 0 Å². The molecule has 1 aromatic heterocycles. The van der Waals surface area contributed by atoms with Gasteiger partial charge < -0.3 is 5.73 Å². The van der Waals surface area contributed by atoms with Gasteiger partial charge in [0.15, 0.2) is 0 Å². The second kappa shape index (κ2) is 5.71. The first kappa shape index (κ1) is 13.4. The molecule has 0 saturated heterocycles. The highest BCUT2D eigenvalue weighted by atomic mass is 79.9. The predicted octanol–water partition coefficient (Wildman–Crippen LogP) is 4.10. The third kappa shape index (κ3) is 3.23. The van der Waals surface area contributed by atoms with Crippen LogP contribution in [0.25, 0.3) is 0 Å². The second-order valence-corrected chi connectivity index (χ2v) is 6.09. The van der Waals surface area contributed by atoms with Crippen LogP contribution in [0, 0.1) is 0 Å². The Morgan fingerprint density at radius 2 is 1.94 bits per heavy atom. The monoisotopic (exact) mass is 323 g/mol. The highest BCUT2D eigenvalue weighted by Crippen LogP contribution is 2.33. The summed E-state index contributed by atoms with van der Waals surface area (Å²) in [5.41, 5.74) is 5.81. The first-order valence-electron chi connectivity index (χ1n) is 5.63. The molecule has 0 fully saturated rings. The SMILES string of the molecule is CC(C)c1nc(N)cc(Sc2ccccc2Br)n1. The summed E-state index contributed by atoms with van der Waals surface area (Å²) < 4.78 is 1.05. The molecular formula is C13H14BrN3S. The Morgan fingerprint density at radius 1 is 1.22 bits per heavy atom. The van der Waals surface area contributed by atoms with Gasteiger partial charge >= 0.3 is 0 Å². The molecule has 0 spiro atoms. The van der Waals surface area contributed by atoms with Crippen LogP contribution in [-0.4, -0.2) is 9.97 Å². The van der Waals surface area contributed by atoms with Crippen molar-refractivity contribution >= 4 is 33.5 Å². The van der Waals surface area contributed by atoms with Gasteiger partial charge in [-0.15, -0.1) is 0 Å². The molecule has 0 saturated carbocycles. The molecule has 0 radical (unpaired) electrons. The fraction of sp³-hybridized carbons (Fsp3) is 0.231. The summed E-state index contributed by atoms with van der Waals surface area (Å²) in [6, 6.07) is 9.84. The average molecular weight is 324 g/mol. The molecule has 0 bridgehead atoms. The quantitative estimate of drug-likeness (QED) is 0.864. The van der Waals surface area contributed by atoms with E-state index in [1.165, 1.54) is 0 Å². The Morgan fingerprint density at radius 3 is 2.61 bits per heavy atom. The summed E-state index contributed by atoms with van der Waals surface area (Å²) in [6.45, 7) is 4.11. The number of nitrogens with two attached hydrogens (primary N) is 1. The Bertz CT molecular complexity index is 558. The Hall–Kier alpha value is -1.07. The zero-order valence-corrected chi connectivity index (χ0v) is 12.6. The van der Waals surface area contributed by atoms with E-state index < -0.39 is 0 Å². The number of hydrogen-bond acceptors (Lipinski definition) is 4. The number of nitrogens with zero attached hydrogens (tertiary/aromatic N) is 2. The van der Waals surface area contributed by atoms with Crippen LogP contribution in [0.3, 0.4) is 0 Å². The van der Waals surface area contributed by atoms with Gasteiger partial charge in [0.25, 0.3) is 0 Å². The van der Waals surface area contributed by atoms with Crippen LogP contribution >= 0.6 is 27.7 Å². The summed E-state index contributed by atoms with van der Waals surface area (Å²) in [5.74, 6) is 1.57. The number of aromatic nitrogens is 2. The Labute approximate surface area is 119 Å². The van der Waals surface area contributed by atoms with E-state index in [9.17, 15) is 0 Å². The van der Waals surface area contributed by atoms with Gasteiger partial charge in [0.2, 0.25) is 0 Å². The van der Waals surface area contributed by atoms with E-state index in [4.69, 9.17) is 5.73 Å². The number of halogens is 1. The van der Waals surface area contributed by atoms with Crippen molar-refractivity contribution in [2.45, 2.75) is 29.7 Å². The zero-order valence-electron chi connectivity index (χ0n) is 10.2. The molecule has 0 unspecified atom stereocenters. The lowest BCUT2D eigenvalue weighted by Gasteiger charge is -2.08. The molecule has 2 N–H and O–H groups in total. The van der Waals surface area contributed by atoms with Crippen LogP contribution in [0.15, 0.2) is 44.7 Å². The van der Waals surface area contributed by atoms with Gasteiger partial charge in [-0.3, -0.25) is 0 Å². The largest absolute Gasteiger partial charge is 0.384 e. The summed E-state index contributed by atoms with van der Waals surface area (Å²) in [5, 5.41) is 0.873. The van der Waals surface area contributed by atoms with Crippen molar-refractivity contribution in [3.8, 4) is 0 Å². The minimum absolute atomic E-state index is 0.270. The van der Waals surface area contributed by atoms with Crippen molar-refractivity contribution in [1.82, 2.24) is 9.97 Å². The topological polar surface area (TPSA) is 51.8 Å². The maximum absolute atomic E-state index is 5.81. The predicted molar refractivity (Wildman–Crippen MR) is 78.8 cm³/mol. The number of nitrogen functional groups attached to an aromatic ring is 1. The maximum atomic E-state index is 5.81. The van der Waals surface area contributed by atoms with Crippen LogP contribution < -0.4 is 5.73 Å². The van der Waals surface area contributed by atoms with Crippen molar-refractivity contribution in [3.05, 3.63) is 40.6 Å². The highest BCUT2D eigenvalue weighted by Gasteiger charge is 2.09. The number of hydrogen-bond donors (Lipinski definition) is 1. The van der Waals surface area contributed by atoms with Crippen molar-refractivity contribution in [2.75, 3.05) is 5.73 Å². The van der Waals surface area contributed by atoms with Crippen LogP contribution in [0.4, 0.5) is 5.82 Å². The molecule has 0 amide bonds. The summed E-state index contributed by atoms with van der Waals surface area (Å²) in [6.07, 6.45) is 0.